The summed E-state index contributed by atoms with van der Waals surface area (Å²) in [6.45, 7) is 3.89. The Bertz CT molecular complexity index is 307. The lowest BCUT2D eigenvalue weighted by molar-refractivity contribution is 0.310. The van der Waals surface area contributed by atoms with Gasteiger partial charge < -0.3 is 10.1 Å². The molecular formula is C13H19NO. The molecule has 1 aromatic rings. The molecule has 0 amide bonds. The molecule has 1 fully saturated rings. The fourth-order valence-electron chi connectivity index (χ4n) is 1.65. The Morgan fingerprint density at radius 3 is 2.87 bits per heavy atom. The molecule has 0 aromatic heterocycles. The molecule has 0 heterocycles. The van der Waals surface area contributed by atoms with E-state index in [-0.39, 0.29) is 0 Å². The monoisotopic (exact) mass is 205 g/mol. The van der Waals surface area contributed by atoms with E-state index in [1.807, 2.05) is 6.07 Å². The SMILES string of the molecule is CCc1ccccc1OCCNC1CC1. The number of aryl methyl sites for hydroxylation is 1. The zero-order valence-corrected chi connectivity index (χ0v) is 9.33. The quantitative estimate of drug-likeness (QED) is 0.720. The van der Waals surface area contributed by atoms with Crippen LogP contribution in [0, 0.1) is 0 Å². The molecule has 0 spiro atoms. The average molecular weight is 205 g/mol. The molecule has 2 nitrogen and oxygen atoms in total. The van der Waals surface area contributed by atoms with E-state index >= 15 is 0 Å². The first-order chi connectivity index (χ1) is 7.40. The van der Waals surface area contributed by atoms with Crippen molar-refractivity contribution in [3.8, 4) is 5.75 Å². The number of hydrogen-bond acceptors (Lipinski definition) is 2. The van der Waals surface area contributed by atoms with Gasteiger partial charge in [0.1, 0.15) is 12.4 Å². The molecule has 15 heavy (non-hydrogen) atoms. The van der Waals surface area contributed by atoms with Crippen LogP contribution < -0.4 is 10.1 Å². The van der Waals surface area contributed by atoms with Gasteiger partial charge in [0.15, 0.2) is 0 Å². The fraction of sp³-hybridized carbons (Fsp3) is 0.538. The summed E-state index contributed by atoms with van der Waals surface area (Å²) in [5.41, 5.74) is 1.30. The molecule has 1 saturated carbocycles. The van der Waals surface area contributed by atoms with Crippen LogP contribution >= 0.6 is 0 Å². The minimum absolute atomic E-state index is 0.771. The number of benzene rings is 1. The molecule has 2 rings (SSSR count). The highest BCUT2D eigenvalue weighted by Crippen LogP contribution is 2.19. The molecule has 0 saturated heterocycles. The van der Waals surface area contributed by atoms with Crippen LogP contribution in [0.25, 0.3) is 0 Å². The van der Waals surface area contributed by atoms with E-state index in [1.54, 1.807) is 0 Å². The van der Waals surface area contributed by atoms with Crippen molar-refractivity contribution < 1.29 is 4.74 Å². The maximum atomic E-state index is 5.74. The number of nitrogens with one attached hydrogen (secondary N) is 1. The second-order valence-corrected chi connectivity index (χ2v) is 4.04. The average Bonchev–Trinajstić information content (AvgIpc) is 3.09. The predicted octanol–water partition coefficient (Wildman–Crippen LogP) is 2.38. The highest BCUT2D eigenvalue weighted by atomic mass is 16.5. The van der Waals surface area contributed by atoms with Crippen LogP contribution in [0.2, 0.25) is 0 Å². The third-order valence-electron chi connectivity index (χ3n) is 2.72. The van der Waals surface area contributed by atoms with E-state index < -0.39 is 0 Å². The molecule has 0 bridgehead atoms. The van der Waals surface area contributed by atoms with Crippen LogP contribution in [0.5, 0.6) is 5.75 Å². The van der Waals surface area contributed by atoms with E-state index in [9.17, 15) is 0 Å². The molecule has 0 aliphatic heterocycles. The number of rotatable bonds is 6. The van der Waals surface area contributed by atoms with Gasteiger partial charge in [-0.2, -0.15) is 0 Å². The van der Waals surface area contributed by atoms with Crippen LogP contribution in [-0.4, -0.2) is 19.2 Å². The van der Waals surface area contributed by atoms with Gasteiger partial charge in [0.25, 0.3) is 0 Å². The van der Waals surface area contributed by atoms with E-state index in [4.69, 9.17) is 4.74 Å². The van der Waals surface area contributed by atoms with Gasteiger partial charge in [-0.3, -0.25) is 0 Å². The molecule has 2 heteroatoms. The van der Waals surface area contributed by atoms with Crippen LogP contribution in [0.4, 0.5) is 0 Å². The second-order valence-electron chi connectivity index (χ2n) is 4.04. The van der Waals surface area contributed by atoms with E-state index in [1.165, 1.54) is 18.4 Å². The fourth-order valence-corrected chi connectivity index (χ4v) is 1.65. The van der Waals surface area contributed by atoms with Crippen molar-refractivity contribution in [2.75, 3.05) is 13.2 Å². The van der Waals surface area contributed by atoms with E-state index in [2.05, 4.69) is 30.4 Å². The Hall–Kier alpha value is -1.02. The molecule has 1 aliphatic carbocycles. The van der Waals surface area contributed by atoms with Gasteiger partial charge in [-0.15, -0.1) is 0 Å². The van der Waals surface area contributed by atoms with E-state index in [0.717, 1.165) is 31.4 Å². The lowest BCUT2D eigenvalue weighted by Crippen LogP contribution is -2.23. The standard InChI is InChI=1S/C13H19NO/c1-2-11-5-3-4-6-13(11)15-10-9-14-12-7-8-12/h3-6,12,14H,2,7-10H2,1H3. The van der Waals surface area contributed by atoms with Crippen molar-refractivity contribution in [3.05, 3.63) is 29.8 Å². The molecule has 1 aliphatic rings. The first kappa shape index (κ1) is 10.5. The van der Waals surface area contributed by atoms with Gasteiger partial charge in [-0.05, 0) is 30.9 Å². The van der Waals surface area contributed by atoms with Crippen LogP contribution in [0.1, 0.15) is 25.3 Å². The summed E-state index contributed by atoms with van der Waals surface area (Å²) >= 11 is 0. The topological polar surface area (TPSA) is 21.3 Å². The zero-order chi connectivity index (χ0) is 10.5. The first-order valence-electron chi connectivity index (χ1n) is 5.84. The molecule has 1 aromatic carbocycles. The van der Waals surface area contributed by atoms with Gasteiger partial charge in [0.2, 0.25) is 0 Å². The molecular weight excluding hydrogens is 186 g/mol. The highest BCUT2D eigenvalue weighted by Gasteiger charge is 2.19. The minimum Gasteiger partial charge on any atom is -0.492 e. The van der Waals surface area contributed by atoms with Gasteiger partial charge in [0, 0.05) is 12.6 Å². The summed E-state index contributed by atoms with van der Waals surface area (Å²) in [5, 5.41) is 3.44. The van der Waals surface area contributed by atoms with Gasteiger partial charge in [-0.25, -0.2) is 0 Å². The van der Waals surface area contributed by atoms with Crippen LogP contribution in [0.3, 0.4) is 0 Å². The summed E-state index contributed by atoms with van der Waals surface area (Å²) < 4.78 is 5.74. The lowest BCUT2D eigenvalue weighted by Gasteiger charge is -2.10. The molecule has 82 valence electrons. The lowest BCUT2D eigenvalue weighted by atomic mass is 10.1. The van der Waals surface area contributed by atoms with Crippen molar-refractivity contribution in [2.24, 2.45) is 0 Å². The number of hydrogen-bond donors (Lipinski definition) is 1. The largest absolute Gasteiger partial charge is 0.492 e. The maximum absolute atomic E-state index is 5.74. The minimum atomic E-state index is 0.771. The van der Waals surface area contributed by atoms with Crippen molar-refractivity contribution in [1.82, 2.24) is 5.32 Å². The molecule has 0 radical (unpaired) electrons. The molecule has 0 atom stereocenters. The smallest absolute Gasteiger partial charge is 0.122 e. The van der Waals surface area contributed by atoms with Crippen LogP contribution in [0.15, 0.2) is 24.3 Å². The van der Waals surface area contributed by atoms with Gasteiger partial charge in [0.05, 0.1) is 0 Å². The van der Waals surface area contributed by atoms with Crippen molar-refractivity contribution in [2.45, 2.75) is 32.2 Å². The Kier molecular flexibility index (Phi) is 3.62. The maximum Gasteiger partial charge on any atom is 0.122 e. The Balaban J connectivity index is 1.75. The van der Waals surface area contributed by atoms with Crippen molar-refractivity contribution in [3.63, 3.8) is 0 Å². The third kappa shape index (κ3) is 3.24. The van der Waals surface area contributed by atoms with Gasteiger partial charge in [-0.1, -0.05) is 25.1 Å². The number of ether oxygens (including phenoxy) is 1. The highest BCUT2D eigenvalue weighted by molar-refractivity contribution is 5.33. The zero-order valence-electron chi connectivity index (χ0n) is 9.33. The normalized spacial score (nSPS) is 15.3. The summed E-state index contributed by atoms with van der Waals surface area (Å²) in [6, 6.07) is 9.05. The number of para-hydroxylation sites is 1. The first-order valence-corrected chi connectivity index (χ1v) is 5.84. The Labute approximate surface area is 91.6 Å². The summed E-state index contributed by atoms with van der Waals surface area (Å²) in [4.78, 5) is 0. The predicted molar refractivity (Wildman–Crippen MR) is 62.3 cm³/mol. The molecule has 0 unspecified atom stereocenters. The van der Waals surface area contributed by atoms with Crippen molar-refractivity contribution >= 4 is 0 Å². The van der Waals surface area contributed by atoms with Gasteiger partial charge >= 0.3 is 0 Å². The summed E-state index contributed by atoms with van der Waals surface area (Å²) in [6.07, 6.45) is 3.71. The van der Waals surface area contributed by atoms with Crippen LogP contribution in [-0.2, 0) is 6.42 Å². The summed E-state index contributed by atoms with van der Waals surface area (Å²) in [5.74, 6) is 1.04. The van der Waals surface area contributed by atoms with Crippen molar-refractivity contribution in [1.29, 1.82) is 0 Å². The third-order valence-corrected chi connectivity index (χ3v) is 2.72. The summed E-state index contributed by atoms with van der Waals surface area (Å²) in [7, 11) is 0. The molecule has 1 N–H and O–H groups in total. The Morgan fingerprint density at radius 1 is 1.33 bits per heavy atom. The Morgan fingerprint density at radius 2 is 2.13 bits per heavy atom. The van der Waals surface area contributed by atoms with E-state index in [0.29, 0.717) is 0 Å². The second kappa shape index (κ2) is 5.17.